The molecule has 0 aliphatic carbocycles. The van der Waals surface area contributed by atoms with Crippen LogP contribution in [0.4, 0.5) is 0 Å². The lowest BCUT2D eigenvalue weighted by Gasteiger charge is -2.09. The van der Waals surface area contributed by atoms with Crippen molar-refractivity contribution in [2.24, 2.45) is 11.5 Å². The van der Waals surface area contributed by atoms with Gasteiger partial charge in [-0.15, -0.1) is 12.4 Å². The summed E-state index contributed by atoms with van der Waals surface area (Å²) in [5.41, 5.74) is 12.2. The lowest BCUT2D eigenvalue weighted by Crippen LogP contribution is -2.11. The van der Waals surface area contributed by atoms with E-state index in [0.717, 1.165) is 12.8 Å². The molecule has 0 radical (unpaired) electrons. The third kappa shape index (κ3) is 6.73. The van der Waals surface area contributed by atoms with Crippen LogP contribution in [0.3, 0.4) is 0 Å². The number of nitrogens with two attached hydrogens (primary N) is 2. The van der Waals surface area contributed by atoms with Crippen LogP contribution in [-0.4, -0.2) is 24.9 Å². The largest absolute Gasteiger partial charge is 0.494 e. The number of ether oxygens (including phenoxy) is 2. The highest BCUT2D eigenvalue weighted by atomic mass is 35.5. The Kier molecular flexibility index (Phi) is 8.29. The molecule has 0 aliphatic rings. The van der Waals surface area contributed by atoms with E-state index in [-0.39, 0.29) is 24.1 Å². The van der Waals surface area contributed by atoms with Gasteiger partial charge >= 0.3 is 0 Å². The maximum atomic E-state index is 7.41. The number of benzene rings is 2. The summed E-state index contributed by atoms with van der Waals surface area (Å²) in [7, 11) is 0. The predicted octanol–water partition coefficient (Wildman–Crippen LogP) is 2.91. The van der Waals surface area contributed by atoms with Crippen LogP contribution in [0.5, 0.6) is 11.5 Å². The molecule has 25 heavy (non-hydrogen) atoms. The molecule has 0 aromatic heterocycles. The summed E-state index contributed by atoms with van der Waals surface area (Å²) in [4.78, 5) is 0. The normalized spacial score (nSPS) is 9.76. The van der Waals surface area contributed by atoms with Gasteiger partial charge in [-0.3, -0.25) is 10.8 Å². The molecule has 2 rings (SSSR count). The second kappa shape index (κ2) is 10.2. The van der Waals surface area contributed by atoms with Crippen molar-refractivity contribution in [2.45, 2.75) is 12.8 Å². The molecule has 0 bridgehead atoms. The third-order valence-electron chi connectivity index (χ3n) is 3.37. The molecular weight excluding hydrogens is 340 g/mol. The highest BCUT2D eigenvalue weighted by Crippen LogP contribution is 2.15. The summed E-state index contributed by atoms with van der Waals surface area (Å²) in [6.07, 6.45) is 1.69. The quantitative estimate of drug-likeness (QED) is 0.311. The number of unbranched alkanes of at least 4 members (excludes halogenated alkanes) is 1. The average molecular weight is 363 g/mol. The Balaban J connectivity index is 0.00000312. The Hall–Kier alpha value is -2.73. The van der Waals surface area contributed by atoms with Gasteiger partial charge < -0.3 is 20.9 Å². The van der Waals surface area contributed by atoms with Crippen molar-refractivity contribution >= 4 is 24.1 Å². The summed E-state index contributed by atoms with van der Waals surface area (Å²) in [5, 5.41) is 14.8. The first kappa shape index (κ1) is 20.3. The first-order valence-electron chi connectivity index (χ1n) is 7.71. The van der Waals surface area contributed by atoms with E-state index in [1.165, 1.54) is 0 Å². The molecule has 0 saturated carbocycles. The van der Waals surface area contributed by atoms with Crippen LogP contribution in [-0.2, 0) is 0 Å². The molecule has 0 fully saturated rings. The van der Waals surface area contributed by atoms with Crippen molar-refractivity contribution in [3.8, 4) is 11.5 Å². The molecule has 0 spiro atoms. The number of amidine groups is 2. The first-order valence-corrected chi connectivity index (χ1v) is 7.71. The zero-order chi connectivity index (χ0) is 17.4. The molecule has 0 atom stereocenters. The smallest absolute Gasteiger partial charge is 0.122 e. The Morgan fingerprint density at radius 2 is 1.16 bits per heavy atom. The number of rotatable bonds is 9. The monoisotopic (exact) mass is 362 g/mol. The van der Waals surface area contributed by atoms with E-state index in [4.69, 9.17) is 31.8 Å². The highest BCUT2D eigenvalue weighted by molar-refractivity contribution is 5.95. The summed E-state index contributed by atoms with van der Waals surface area (Å²) < 4.78 is 11.3. The van der Waals surface area contributed by atoms with E-state index in [0.29, 0.717) is 35.8 Å². The molecule has 6 N–H and O–H groups in total. The molecule has 0 saturated heterocycles. The Morgan fingerprint density at radius 3 is 1.52 bits per heavy atom. The second-order valence-electron chi connectivity index (χ2n) is 5.29. The van der Waals surface area contributed by atoms with Crippen LogP contribution >= 0.6 is 12.4 Å². The van der Waals surface area contributed by atoms with E-state index in [1.807, 2.05) is 24.3 Å². The minimum Gasteiger partial charge on any atom is -0.494 e. The van der Waals surface area contributed by atoms with Crippen molar-refractivity contribution in [3.05, 3.63) is 59.7 Å². The van der Waals surface area contributed by atoms with Crippen LogP contribution in [0.25, 0.3) is 0 Å². The van der Waals surface area contributed by atoms with E-state index < -0.39 is 0 Å². The third-order valence-corrected chi connectivity index (χ3v) is 3.37. The Morgan fingerprint density at radius 1 is 0.760 bits per heavy atom. The van der Waals surface area contributed by atoms with Gasteiger partial charge in [-0.2, -0.15) is 0 Å². The van der Waals surface area contributed by atoms with Crippen LogP contribution in [0, 0.1) is 10.8 Å². The predicted molar refractivity (Wildman–Crippen MR) is 102 cm³/mol. The summed E-state index contributed by atoms with van der Waals surface area (Å²) in [6.45, 7) is 1.14. The SMILES string of the molecule is Cl.N=C(N)c1cccc(OCCCCOc2cccc(C(=N)N)c2)c1. The Labute approximate surface area is 153 Å². The fourth-order valence-electron chi connectivity index (χ4n) is 2.09. The molecule has 0 aliphatic heterocycles. The van der Waals surface area contributed by atoms with Crippen molar-refractivity contribution in [2.75, 3.05) is 13.2 Å². The van der Waals surface area contributed by atoms with Crippen molar-refractivity contribution in [3.63, 3.8) is 0 Å². The number of halogens is 1. The van der Waals surface area contributed by atoms with E-state index in [1.54, 1.807) is 24.3 Å². The van der Waals surface area contributed by atoms with Gasteiger partial charge in [-0.25, -0.2) is 0 Å². The molecule has 134 valence electrons. The van der Waals surface area contributed by atoms with Crippen LogP contribution in [0.1, 0.15) is 24.0 Å². The fourth-order valence-corrected chi connectivity index (χ4v) is 2.09. The molecule has 7 heteroatoms. The molecule has 0 unspecified atom stereocenters. The molecule has 2 aromatic rings. The molecular formula is C18H23ClN4O2. The standard InChI is InChI=1S/C18H22N4O2.ClH/c19-17(20)13-5-3-7-15(11-13)23-9-1-2-10-24-16-8-4-6-14(12-16)18(21)22;/h3-8,11-12H,1-2,9-10H2,(H3,19,20)(H3,21,22);1H. The second-order valence-corrected chi connectivity index (χ2v) is 5.29. The van der Waals surface area contributed by atoms with Crippen LogP contribution in [0.15, 0.2) is 48.5 Å². The zero-order valence-corrected chi connectivity index (χ0v) is 14.6. The van der Waals surface area contributed by atoms with Crippen molar-refractivity contribution in [1.29, 1.82) is 10.8 Å². The molecule has 0 amide bonds. The lowest BCUT2D eigenvalue weighted by atomic mass is 10.2. The average Bonchev–Trinajstić information content (AvgIpc) is 2.58. The summed E-state index contributed by atoms with van der Waals surface area (Å²) in [6, 6.07) is 14.4. The van der Waals surface area contributed by atoms with E-state index >= 15 is 0 Å². The van der Waals surface area contributed by atoms with Gasteiger partial charge in [0.2, 0.25) is 0 Å². The maximum absolute atomic E-state index is 7.41. The topological polar surface area (TPSA) is 118 Å². The van der Waals surface area contributed by atoms with Gasteiger partial charge in [-0.1, -0.05) is 24.3 Å². The van der Waals surface area contributed by atoms with Crippen LogP contribution < -0.4 is 20.9 Å². The Bertz CT molecular complexity index is 660. The minimum atomic E-state index is 0. The van der Waals surface area contributed by atoms with Gasteiger partial charge in [0, 0.05) is 11.1 Å². The van der Waals surface area contributed by atoms with Gasteiger partial charge in [0.05, 0.1) is 13.2 Å². The van der Waals surface area contributed by atoms with Crippen molar-refractivity contribution < 1.29 is 9.47 Å². The maximum Gasteiger partial charge on any atom is 0.122 e. The van der Waals surface area contributed by atoms with E-state index in [9.17, 15) is 0 Å². The molecule has 2 aromatic carbocycles. The number of nitrogen functional groups attached to an aromatic ring is 2. The van der Waals surface area contributed by atoms with Crippen molar-refractivity contribution in [1.82, 2.24) is 0 Å². The molecule has 0 heterocycles. The van der Waals surface area contributed by atoms with Gasteiger partial charge in [-0.05, 0) is 37.1 Å². The fraction of sp³-hybridized carbons (Fsp3) is 0.222. The number of hydrogen-bond donors (Lipinski definition) is 4. The van der Waals surface area contributed by atoms with Gasteiger partial charge in [0.15, 0.2) is 0 Å². The van der Waals surface area contributed by atoms with E-state index in [2.05, 4.69) is 0 Å². The summed E-state index contributed by atoms with van der Waals surface area (Å²) >= 11 is 0. The lowest BCUT2D eigenvalue weighted by molar-refractivity contribution is 0.266. The summed E-state index contributed by atoms with van der Waals surface area (Å²) in [5.74, 6) is 1.47. The van der Waals surface area contributed by atoms with Gasteiger partial charge in [0.25, 0.3) is 0 Å². The number of hydrogen-bond acceptors (Lipinski definition) is 4. The van der Waals surface area contributed by atoms with Crippen LogP contribution in [0.2, 0.25) is 0 Å². The zero-order valence-electron chi connectivity index (χ0n) is 13.8. The molecule has 6 nitrogen and oxygen atoms in total. The minimum absolute atomic E-state index is 0. The highest BCUT2D eigenvalue weighted by Gasteiger charge is 2.01. The number of nitrogens with one attached hydrogen (secondary N) is 2. The van der Waals surface area contributed by atoms with Gasteiger partial charge in [0.1, 0.15) is 23.2 Å². The first-order chi connectivity index (χ1) is 11.6.